The minimum atomic E-state index is -0.228. The Morgan fingerprint density at radius 1 is 1.31 bits per heavy atom. The van der Waals surface area contributed by atoms with Crippen molar-refractivity contribution in [2.75, 3.05) is 0 Å². The lowest BCUT2D eigenvalue weighted by atomic mass is 10.0. The molecule has 1 fully saturated rings. The molecule has 0 spiro atoms. The first-order valence-electron chi connectivity index (χ1n) is 5.71. The van der Waals surface area contributed by atoms with E-state index < -0.39 is 0 Å². The van der Waals surface area contributed by atoms with Gasteiger partial charge in [-0.15, -0.1) is 0 Å². The molecule has 1 saturated heterocycles. The highest BCUT2D eigenvalue weighted by molar-refractivity contribution is 5.76. The van der Waals surface area contributed by atoms with Crippen LogP contribution in [0, 0.1) is 12.7 Å². The van der Waals surface area contributed by atoms with Crippen LogP contribution < -0.4 is 5.32 Å². The van der Waals surface area contributed by atoms with E-state index in [0.717, 1.165) is 30.4 Å². The van der Waals surface area contributed by atoms with Gasteiger partial charge in [-0.05, 0) is 43.0 Å². The van der Waals surface area contributed by atoms with Crippen LogP contribution in [0.2, 0.25) is 0 Å². The molecule has 1 aromatic rings. The van der Waals surface area contributed by atoms with E-state index in [1.165, 1.54) is 12.1 Å². The van der Waals surface area contributed by atoms with Crippen molar-refractivity contribution in [1.29, 1.82) is 0 Å². The molecule has 86 valence electrons. The molecule has 1 amide bonds. The topological polar surface area (TPSA) is 29.1 Å². The summed E-state index contributed by atoms with van der Waals surface area (Å²) < 4.78 is 13.3. The average molecular weight is 221 g/mol. The summed E-state index contributed by atoms with van der Waals surface area (Å²) in [5.41, 5.74) is 1.78. The lowest BCUT2D eigenvalue weighted by Gasteiger charge is -2.16. The molecule has 16 heavy (non-hydrogen) atoms. The third kappa shape index (κ3) is 2.60. The second-order valence-corrected chi connectivity index (χ2v) is 4.43. The van der Waals surface area contributed by atoms with Crippen LogP contribution in [0.15, 0.2) is 18.2 Å². The predicted molar refractivity (Wildman–Crippen MR) is 60.5 cm³/mol. The Kier molecular flexibility index (Phi) is 3.22. The van der Waals surface area contributed by atoms with Gasteiger partial charge in [-0.25, -0.2) is 4.39 Å². The highest BCUT2D eigenvalue weighted by Crippen LogP contribution is 2.24. The molecule has 3 heteroatoms. The molecule has 1 aromatic carbocycles. The molecular formula is C13H16FNO. The van der Waals surface area contributed by atoms with Gasteiger partial charge in [0, 0.05) is 6.42 Å². The SMILES string of the molecule is Cc1cc(F)cc(C2CCCCC(=O)N2)c1. The number of amides is 1. The van der Waals surface area contributed by atoms with E-state index in [-0.39, 0.29) is 17.8 Å². The zero-order chi connectivity index (χ0) is 11.5. The zero-order valence-corrected chi connectivity index (χ0v) is 9.42. The summed E-state index contributed by atoms with van der Waals surface area (Å²) in [7, 11) is 0. The lowest BCUT2D eigenvalue weighted by molar-refractivity contribution is -0.121. The Labute approximate surface area is 94.9 Å². The second kappa shape index (κ2) is 4.64. The number of halogens is 1. The Morgan fingerprint density at radius 2 is 2.12 bits per heavy atom. The Bertz CT molecular complexity index is 383. The van der Waals surface area contributed by atoms with E-state index in [4.69, 9.17) is 0 Å². The van der Waals surface area contributed by atoms with Crippen LogP contribution in [-0.4, -0.2) is 5.91 Å². The fraction of sp³-hybridized carbons (Fsp3) is 0.462. The number of hydrogen-bond acceptors (Lipinski definition) is 1. The maximum Gasteiger partial charge on any atom is 0.220 e. The summed E-state index contributed by atoms with van der Waals surface area (Å²) in [5, 5.41) is 2.94. The first-order valence-corrected chi connectivity index (χ1v) is 5.71. The van der Waals surface area contributed by atoms with Crippen LogP contribution in [0.1, 0.15) is 42.9 Å². The molecule has 1 N–H and O–H groups in total. The van der Waals surface area contributed by atoms with E-state index in [1.807, 2.05) is 13.0 Å². The summed E-state index contributed by atoms with van der Waals surface area (Å²) >= 11 is 0. The molecule has 2 rings (SSSR count). The molecule has 1 atom stereocenters. The molecule has 1 aliphatic rings. The van der Waals surface area contributed by atoms with E-state index in [9.17, 15) is 9.18 Å². The molecule has 1 aliphatic heterocycles. The Morgan fingerprint density at radius 3 is 2.88 bits per heavy atom. The van der Waals surface area contributed by atoms with Crippen LogP contribution in [0.5, 0.6) is 0 Å². The minimum absolute atomic E-state index is 0.0237. The van der Waals surface area contributed by atoms with Gasteiger partial charge < -0.3 is 5.32 Å². The lowest BCUT2D eigenvalue weighted by Crippen LogP contribution is -2.26. The van der Waals surface area contributed by atoms with Gasteiger partial charge in [0.15, 0.2) is 0 Å². The number of carbonyl (C=O) groups excluding carboxylic acids is 1. The maximum absolute atomic E-state index is 13.3. The predicted octanol–water partition coefficient (Wildman–Crippen LogP) is 2.87. The van der Waals surface area contributed by atoms with Crippen LogP contribution >= 0.6 is 0 Å². The van der Waals surface area contributed by atoms with Gasteiger partial charge >= 0.3 is 0 Å². The van der Waals surface area contributed by atoms with Gasteiger partial charge in [-0.2, -0.15) is 0 Å². The van der Waals surface area contributed by atoms with Crippen LogP contribution in [0.4, 0.5) is 4.39 Å². The van der Waals surface area contributed by atoms with Crippen molar-refractivity contribution in [3.8, 4) is 0 Å². The number of benzene rings is 1. The fourth-order valence-corrected chi connectivity index (χ4v) is 2.19. The number of hydrogen-bond donors (Lipinski definition) is 1. The van der Waals surface area contributed by atoms with Gasteiger partial charge in [0.05, 0.1) is 6.04 Å². The van der Waals surface area contributed by atoms with Crippen molar-refractivity contribution in [2.24, 2.45) is 0 Å². The first kappa shape index (κ1) is 11.1. The van der Waals surface area contributed by atoms with Gasteiger partial charge in [0.2, 0.25) is 5.91 Å². The smallest absolute Gasteiger partial charge is 0.220 e. The molecule has 1 unspecified atom stereocenters. The van der Waals surface area contributed by atoms with E-state index in [2.05, 4.69) is 5.32 Å². The highest BCUT2D eigenvalue weighted by Gasteiger charge is 2.18. The number of carbonyl (C=O) groups is 1. The Balaban J connectivity index is 2.24. The van der Waals surface area contributed by atoms with Crippen molar-refractivity contribution >= 4 is 5.91 Å². The molecule has 0 saturated carbocycles. The summed E-state index contributed by atoms with van der Waals surface area (Å²) in [4.78, 5) is 11.4. The molecule has 0 aromatic heterocycles. The number of rotatable bonds is 1. The third-order valence-corrected chi connectivity index (χ3v) is 2.95. The molecule has 2 nitrogen and oxygen atoms in total. The molecule has 0 radical (unpaired) electrons. The normalized spacial score (nSPS) is 21.4. The monoisotopic (exact) mass is 221 g/mol. The average Bonchev–Trinajstić information content (AvgIpc) is 2.41. The van der Waals surface area contributed by atoms with Gasteiger partial charge in [0.1, 0.15) is 5.82 Å². The summed E-state index contributed by atoms with van der Waals surface area (Å²) in [6, 6.07) is 4.94. The zero-order valence-electron chi connectivity index (χ0n) is 9.42. The second-order valence-electron chi connectivity index (χ2n) is 4.43. The fourth-order valence-electron chi connectivity index (χ4n) is 2.19. The quantitative estimate of drug-likeness (QED) is 0.776. The van der Waals surface area contributed by atoms with E-state index >= 15 is 0 Å². The van der Waals surface area contributed by atoms with Crippen LogP contribution in [0.3, 0.4) is 0 Å². The largest absolute Gasteiger partial charge is 0.349 e. The van der Waals surface area contributed by atoms with Gasteiger partial charge in [-0.1, -0.05) is 12.5 Å². The molecular weight excluding hydrogens is 205 g/mol. The summed E-state index contributed by atoms with van der Waals surface area (Å²) in [6.45, 7) is 1.87. The molecule has 0 bridgehead atoms. The summed E-state index contributed by atoms with van der Waals surface area (Å²) in [6.07, 6.45) is 3.43. The number of nitrogens with one attached hydrogen (secondary N) is 1. The molecule has 1 heterocycles. The van der Waals surface area contributed by atoms with E-state index in [0.29, 0.717) is 6.42 Å². The van der Waals surface area contributed by atoms with Gasteiger partial charge in [0.25, 0.3) is 0 Å². The third-order valence-electron chi connectivity index (χ3n) is 2.95. The highest BCUT2D eigenvalue weighted by atomic mass is 19.1. The van der Waals surface area contributed by atoms with Crippen LogP contribution in [-0.2, 0) is 4.79 Å². The van der Waals surface area contributed by atoms with Crippen LogP contribution in [0.25, 0.3) is 0 Å². The minimum Gasteiger partial charge on any atom is -0.349 e. The van der Waals surface area contributed by atoms with Crippen molar-refractivity contribution in [1.82, 2.24) is 5.32 Å². The Hall–Kier alpha value is -1.38. The maximum atomic E-state index is 13.3. The summed E-state index contributed by atoms with van der Waals surface area (Å²) in [5.74, 6) is -0.155. The van der Waals surface area contributed by atoms with Crippen molar-refractivity contribution in [3.63, 3.8) is 0 Å². The van der Waals surface area contributed by atoms with Crippen molar-refractivity contribution < 1.29 is 9.18 Å². The standard InChI is InChI=1S/C13H16FNO/c1-9-6-10(8-11(14)7-9)12-4-2-3-5-13(16)15-12/h6-8,12H,2-5H2,1H3,(H,15,16). The molecule has 0 aliphatic carbocycles. The van der Waals surface area contributed by atoms with Crippen molar-refractivity contribution in [3.05, 3.63) is 35.1 Å². The van der Waals surface area contributed by atoms with E-state index in [1.54, 1.807) is 0 Å². The van der Waals surface area contributed by atoms with Crippen molar-refractivity contribution in [2.45, 2.75) is 38.6 Å². The number of aryl methyl sites for hydroxylation is 1. The first-order chi connectivity index (χ1) is 7.65. The van der Waals surface area contributed by atoms with Gasteiger partial charge in [-0.3, -0.25) is 4.79 Å².